The third-order valence-electron chi connectivity index (χ3n) is 2.94. The Balaban J connectivity index is 2.00. The molecule has 3 N–H and O–H groups in total. The molecule has 0 spiro atoms. The number of carbonyl (C=O) groups is 1. The van der Waals surface area contributed by atoms with Crippen molar-refractivity contribution in [2.45, 2.75) is 0 Å². The number of hydrogen-bond donors (Lipinski definition) is 2. The molecule has 0 fully saturated rings. The summed E-state index contributed by atoms with van der Waals surface area (Å²) in [6.07, 6.45) is 3.26. The highest BCUT2D eigenvalue weighted by molar-refractivity contribution is 9.10. The van der Waals surface area contributed by atoms with Gasteiger partial charge in [-0.05, 0) is 34.1 Å². The van der Waals surface area contributed by atoms with E-state index in [4.69, 9.17) is 5.73 Å². The average molecular weight is 366 g/mol. The van der Waals surface area contributed by atoms with Gasteiger partial charge in [0.15, 0.2) is 0 Å². The van der Waals surface area contributed by atoms with Crippen molar-refractivity contribution < 1.29 is 9.18 Å². The normalized spacial score (nSPS) is 10.8. The number of benzene rings is 1. The first-order valence-corrected chi connectivity index (χ1v) is 7.56. The van der Waals surface area contributed by atoms with Crippen molar-refractivity contribution in [2.24, 2.45) is 0 Å². The minimum atomic E-state index is -0.515. The molecule has 21 heavy (non-hydrogen) atoms. The summed E-state index contributed by atoms with van der Waals surface area (Å²) in [5, 5.41) is 3.32. The predicted molar refractivity (Wildman–Crippen MR) is 86.1 cm³/mol. The maximum atomic E-state index is 13.7. The number of nitrogen functional groups attached to an aromatic ring is 1. The molecule has 0 unspecified atom stereocenters. The number of para-hydroxylation sites is 1. The van der Waals surface area contributed by atoms with Crippen molar-refractivity contribution in [1.82, 2.24) is 4.98 Å². The van der Waals surface area contributed by atoms with Gasteiger partial charge >= 0.3 is 0 Å². The summed E-state index contributed by atoms with van der Waals surface area (Å²) in [5.41, 5.74) is 6.46. The minimum absolute atomic E-state index is 0.0949. The number of nitrogens with zero attached hydrogens (tertiary/aromatic N) is 1. The number of nitrogens with two attached hydrogens (primary N) is 1. The number of halogens is 2. The Hall–Kier alpha value is -1.99. The van der Waals surface area contributed by atoms with Gasteiger partial charge in [0.2, 0.25) is 0 Å². The number of carbonyl (C=O) groups excluding carboxylic acids is 1. The Morgan fingerprint density at radius 1 is 1.38 bits per heavy atom. The van der Waals surface area contributed by atoms with E-state index < -0.39 is 11.7 Å². The van der Waals surface area contributed by atoms with Gasteiger partial charge in [0, 0.05) is 22.3 Å². The molecule has 1 aromatic carbocycles. The van der Waals surface area contributed by atoms with Crippen molar-refractivity contribution in [3.63, 3.8) is 0 Å². The van der Waals surface area contributed by atoms with Crippen LogP contribution >= 0.6 is 27.3 Å². The van der Waals surface area contributed by atoms with E-state index in [1.165, 1.54) is 17.4 Å². The molecule has 106 valence electrons. The highest BCUT2D eigenvalue weighted by atomic mass is 79.9. The van der Waals surface area contributed by atoms with E-state index >= 15 is 0 Å². The van der Waals surface area contributed by atoms with E-state index in [1.807, 2.05) is 0 Å². The molecule has 0 atom stereocenters. The zero-order valence-electron chi connectivity index (χ0n) is 10.6. The maximum Gasteiger partial charge on any atom is 0.268 e. The SMILES string of the molecule is Nc1c(C(=O)Nc2c(F)cccc2Br)sc2cnccc12. The number of amides is 1. The second-order valence-corrected chi connectivity index (χ2v) is 6.17. The molecule has 3 rings (SSSR count). The van der Waals surface area contributed by atoms with Crippen LogP contribution in [0.2, 0.25) is 0 Å². The molecule has 0 aliphatic carbocycles. The summed E-state index contributed by atoms with van der Waals surface area (Å²) in [5.74, 6) is -0.960. The molecule has 7 heteroatoms. The third-order valence-corrected chi connectivity index (χ3v) is 4.75. The molecule has 2 heterocycles. The van der Waals surface area contributed by atoms with Crippen molar-refractivity contribution in [3.05, 3.63) is 51.8 Å². The zero-order chi connectivity index (χ0) is 15.0. The number of anilines is 2. The first kappa shape index (κ1) is 14.0. The van der Waals surface area contributed by atoms with Gasteiger partial charge in [-0.1, -0.05) is 6.07 Å². The van der Waals surface area contributed by atoms with Gasteiger partial charge in [0.1, 0.15) is 10.7 Å². The van der Waals surface area contributed by atoms with Crippen LogP contribution in [0.4, 0.5) is 15.8 Å². The Bertz CT molecular complexity index is 829. The maximum absolute atomic E-state index is 13.7. The van der Waals surface area contributed by atoms with Crippen molar-refractivity contribution in [2.75, 3.05) is 11.1 Å². The second-order valence-electron chi connectivity index (χ2n) is 4.27. The molecular weight excluding hydrogens is 357 g/mol. The van der Waals surface area contributed by atoms with Crippen LogP contribution < -0.4 is 11.1 Å². The number of aromatic nitrogens is 1. The summed E-state index contributed by atoms with van der Waals surface area (Å²) in [6.45, 7) is 0. The highest BCUT2D eigenvalue weighted by Gasteiger charge is 2.18. The first-order valence-electron chi connectivity index (χ1n) is 5.95. The monoisotopic (exact) mass is 365 g/mol. The Kier molecular flexibility index (Phi) is 3.60. The standard InChI is InChI=1S/C14H9BrFN3OS/c15-8-2-1-3-9(16)12(8)19-14(20)13-11(17)7-4-5-18-6-10(7)21-13/h1-6H,17H2,(H,19,20). The smallest absolute Gasteiger partial charge is 0.268 e. The minimum Gasteiger partial charge on any atom is -0.397 e. The van der Waals surface area contributed by atoms with Gasteiger partial charge < -0.3 is 11.1 Å². The van der Waals surface area contributed by atoms with Crippen LogP contribution in [0.1, 0.15) is 9.67 Å². The van der Waals surface area contributed by atoms with Gasteiger partial charge in [0.05, 0.1) is 16.1 Å². The number of hydrogen-bond acceptors (Lipinski definition) is 4. The van der Waals surface area contributed by atoms with E-state index in [9.17, 15) is 9.18 Å². The number of rotatable bonds is 2. The predicted octanol–water partition coefficient (Wildman–Crippen LogP) is 4.03. The fourth-order valence-electron chi connectivity index (χ4n) is 1.93. The zero-order valence-corrected chi connectivity index (χ0v) is 13.0. The number of nitrogens with one attached hydrogen (secondary N) is 1. The fraction of sp³-hybridized carbons (Fsp3) is 0. The lowest BCUT2D eigenvalue weighted by molar-refractivity contribution is 0.103. The molecule has 2 aromatic heterocycles. The van der Waals surface area contributed by atoms with Gasteiger partial charge in [-0.3, -0.25) is 9.78 Å². The first-order chi connectivity index (χ1) is 10.1. The topological polar surface area (TPSA) is 68.0 Å². The summed E-state index contributed by atoms with van der Waals surface area (Å²) in [4.78, 5) is 16.7. The van der Waals surface area contributed by atoms with E-state index in [0.717, 1.165) is 10.1 Å². The van der Waals surface area contributed by atoms with Gasteiger partial charge in [-0.25, -0.2) is 4.39 Å². The molecule has 0 saturated carbocycles. The average Bonchev–Trinajstić information content (AvgIpc) is 2.81. The number of pyridine rings is 1. The molecule has 0 radical (unpaired) electrons. The van der Waals surface area contributed by atoms with Crippen molar-refractivity contribution in [1.29, 1.82) is 0 Å². The lowest BCUT2D eigenvalue weighted by Gasteiger charge is -2.07. The van der Waals surface area contributed by atoms with Crippen LogP contribution in [-0.4, -0.2) is 10.9 Å². The number of thiophene rings is 1. The Morgan fingerprint density at radius 2 is 2.19 bits per heavy atom. The van der Waals surface area contributed by atoms with Gasteiger partial charge in [0.25, 0.3) is 5.91 Å². The molecule has 0 saturated heterocycles. The quantitative estimate of drug-likeness (QED) is 0.720. The van der Waals surface area contributed by atoms with Crippen LogP contribution in [0.5, 0.6) is 0 Å². The summed E-state index contributed by atoms with van der Waals surface area (Å²) >= 11 is 4.43. The summed E-state index contributed by atoms with van der Waals surface area (Å²) in [6, 6.07) is 6.22. The fourth-order valence-corrected chi connectivity index (χ4v) is 3.35. The molecule has 4 nitrogen and oxygen atoms in total. The van der Waals surface area contributed by atoms with Crippen molar-refractivity contribution in [3.8, 4) is 0 Å². The largest absolute Gasteiger partial charge is 0.397 e. The molecule has 0 aliphatic heterocycles. The van der Waals surface area contributed by atoms with Crippen LogP contribution in [0.3, 0.4) is 0 Å². The number of fused-ring (bicyclic) bond motifs is 1. The Labute approximate surface area is 131 Å². The van der Waals surface area contributed by atoms with E-state index in [2.05, 4.69) is 26.2 Å². The van der Waals surface area contributed by atoms with Gasteiger partial charge in [-0.2, -0.15) is 0 Å². The highest BCUT2D eigenvalue weighted by Crippen LogP contribution is 2.34. The lowest BCUT2D eigenvalue weighted by atomic mass is 10.2. The van der Waals surface area contributed by atoms with Gasteiger partial charge in [-0.15, -0.1) is 11.3 Å². The van der Waals surface area contributed by atoms with Crippen molar-refractivity contribution >= 4 is 54.6 Å². The van der Waals surface area contributed by atoms with Crippen LogP contribution in [0.25, 0.3) is 10.1 Å². The Morgan fingerprint density at radius 3 is 2.90 bits per heavy atom. The molecule has 1 amide bonds. The van der Waals surface area contributed by atoms with Crippen LogP contribution in [-0.2, 0) is 0 Å². The molecule has 0 bridgehead atoms. The van der Waals surface area contributed by atoms with Crippen LogP contribution in [0, 0.1) is 5.82 Å². The van der Waals surface area contributed by atoms with E-state index in [1.54, 1.807) is 30.6 Å². The molecular formula is C14H9BrFN3OS. The molecule has 3 aromatic rings. The third kappa shape index (κ3) is 2.50. The lowest BCUT2D eigenvalue weighted by Crippen LogP contribution is -2.13. The van der Waals surface area contributed by atoms with Crippen LogP contribution in [0.15, 0.2) is 41.1 Å². The molecule has 0 aliphatic rings. The van der Waals surface area contributed by atoms with E-state index in [-0.39, 0.29) is 5.69 Å². The second kappa shape index (κ2) is 5.42. The van der Waals surface area contributed by atoms with E-state index in [0.29, 0.717) is 15.0 Å². The summed E-state index contributed by atoms with van der Waals surface area (Å²) in [7, 11) is 0. The summed E-state index contributed by atoms with van der Waals surface area (Å²) < 4.78 is 15.0.